The summed E-state index contributed by atoms with van der Waals surface area (Å²) in [6.07, 6.45) is 0.277. The van der Waals surface area contributed by atoms with Crippen LogP contribution < -0.4 is 11.5 Å². The molecule has 64 valence electrons. The van der Waals surface area contributed by atoms with E-state index in [1.807, 2.05) is 6.07 Å². The van der Waals surface area contributed by atoms with Gasteiger partial charge in [0, 0.05) is 5.56 Å². The number of nitrogen functional groups attached to an aromatic ring is 2. The highest BCUT2D eigenvalue weighted by Crippen LogP contribution is 2.10. The molecule has 1 heterocycles. The molecule has 0 saturated heterocycles. The van der Waals surface area contributed by atoms with Gasteiger partial charge in [0.1, 0.15) is 11.6 Å². The zero-order valence-corrected chi connectivity index (χ0v) is 8.03. The van der Waals surface area contributed by atoms with Gasteiger partial charge in [-0.1, -0.05) is 6.07 Å². The van der Waals surface area contributed by atoms with E-state index < -0.39 is 0 Å². The first-order valence-corrected chi connectivity index (χ1v) is 3.12. The molecule has 0 saturated carbocycles. The summed E-state index contributed by atoms with van der Waals surface area (Å²) in [4.78, 5) is 3.80. The van der Waals surface area contributed by atoms with Crippen molar-refractivity contribution in [1.29, 1.82) is 5.26 Å². The van der Waals surface area contributed by atoms with Crippen LogP contribution in [0.3, 0.4) is 0 Å². The van der Waals surface area contributed by atoms with Crippen molar-refractivity contribution in [1.82, 2.24) is 4.98 Å². The van der Waals surface area contributed by atoms with Gasteiger partial charge < -0.3 is 11.5 Å². The first kappa shape index (κ1) is 10.7. The van der Waals surface area contributed by atoms with Crippen LogP contribution in [-0.2, 0) is 6.42 Å². The van der Waals surface area contributed by atoms with Gasteiger partial charge in [-0.15, -0.1) is 17.0 Å². The lowest BCUT2D eigenvalue weighted by Crippen LogP contribution is -1.99. The van der Waals surface area contributed by atoms with E-state index in [-0.39, 0.29) is 23.4 Å². The number of anilines is 2. The molecule has 0 radical (unpaired) electrons. The molecule has 0 bridgehead atoms. The van der Waals surface area contributed by atoms with Crippen LogP contribution in [0.15, 0.2) is 12.1 Å². The maximum absolute atomic E-state index is 8.35. The van der Waals surface area contributed by atoms with Gasteiger partial charge in [-0.2, -0.15) is 5.26 Å². The molecule has 5 heteroatoms. The van der Waals surface area contributed by atoms with E-state index in [1.165, 1.54) is 0 Å². The van der Waals surface area contributed by atoms with E-state index in [4.69, 9.17) is 16.7 Å². The lowest BCUT2D eigenvalue weighted by atomic mass is 10.2. The average Bonchev–Trinajstić information content (AvgIpc) is 1.95. The molecule has 0 aliphatic rings. The third-order valence-electron chi connectivity index (χ3n) is 1.30. The topological polar surface area (TPSA) is 88.7 Å². The van der Waals surface area contributed by atoms with Crippen LogP contribution >= 0.6 is 17.0 Å². The summed E-state index contributed by atoms with van der Waals surface area (Å²) < 4.78 is 0. The highest BCUT2D eigenvalue weighted by Gasteiger charge is 1.98. The molecule has 4 nitrogen and oxygen atoms in total. The van der Waals surface area contributed by atoms with Gasteiger partial charge >= 0.3 is 0 Å². The second-order valence-electron chi connectivity index (χ2n) is 2.12. The van der Waals surface area contributed by atoms with Crippen molar-refractivity contribution in [3.63, 3.8) is 0 Å². The Morgan fingerprint density at radius 2 is 2.08 bits per heavy atom. The number of pyridine rings is 1. The molecule has 12 heavy (non-hydrogen) atoms. The standard InChI is InChI=1S/C7H8N4.BrH/c8-4-3-5-1-2-6(9)11-7(5)10;/h1-2H,3H2,(H4,9,10,11);1H. The summed E-state index contributed by atoms with van der Waals surface area (Å²) in [5.41, 5.74) is 11.5. The summed E-state index contributed by atoms with van der Waals surface area (Å²) in [7, 11) is 0. The molecule has 0 amide bonds. The number of aromatic nitrogens is 1. The third kappa shape index (κ3) is 2.40. The van der Waals surface area contributed by atoms with Gasteiger partial charge in [0.05, 0.1) is 12.5 Å². The number of hydrogen-bond donors (Lipinski definition) is 2. The fourth-order valence-electron chi connectivity index (χ4n) is 0.754. The number of nitriles is 1. The first-order valence-electron chi connectivity index (χ1n) is 3.12. The maximum atomic E-state index is 8.35. The van der Waals surface area contributed by atoms with E-state index in [0.717, 1.165) is 5.56 Å². The van der Waals surface area contributed by atoms with Crippen LogP contribution in [0, 0.1) is 11.3 Å². The fraction of sp³-hybridized carbons (Fsp3) is 0.143. The largest absolute Gasteiger partial charge is 0.384 e. The smallest absolute Gasteiger partial charge is 0.130 e. The number of nitrogens with two attached hydrogens (primary N) is 2. The van der Waals surface area contributed by atoms with Gasteiger partial charge in [-0.3, -0.25) is 0 Å². The molecule has 1 aromatic rings. The number of halogens is 1. The zero-order valence-electron chi connectivity index (χ0n) is 6.32. The number of rotatable bonds is 1. The summed E-state index contributed by atoms with van der Waals surface area (Å²) in [5, 5.41) is 8.35. The fourth-order valence-corrected chi connectivity index (χ4v) is 0.754. The van der Waals surface area contributed by atoms with E-state index in [0.29, 0.717) is 11.6 Å². The van der Waals surface area contributed by atoms with Crippen molar-refractivity contribution < 1.29 is 0 Å². The number of nitrogens with zero attached hydrogens (tertiary/aromatic N) is 2. The van der Waals surface area contributed by atoms with Crippen molar-refractivity contribution >= 4 is 28.6 Å². The Balaban J connectivity index is 0.00000121. The Kier molecular flexibility index (Phi) is 4.08. The van der Waals surface area contributed by atoms with Crippen LogP contribution in [0.5, 0.6) is 0 Å². The molecule has 1 aromatic heterocycles. The minimum Gasteiger partial charge on any atom is -0.384 e. The monoisotopic (exact) mass is 228 g/mol. The van der Waals surface area contributed by atoms with Gasteiger partial charge in [-0.05, 0) is 6.07 Å². The molecule has 0 aromatic carbocycles. The first-order chi connectivity index (χ1) is 5.24. The SMILES string of the molecule is Br.N#CCc1ccc(N)nc1N. The summed E-state index contributed by atoms with van der Waals surface area (Å²) in [6.45, 7) is 0. The Hall–Kier alpha value is -1.28. The Bertz CT molecular complexity index is 305. The van der Waals surface area contributed by atoms with Crippen LogP contribution in [0.25, 0.3) is 0 Å². The summed E-state index contributed by atoms with van der Waals surface area (Å²) in [6, 6.07) is 5.32. The van der Waals surface area contributed by atoms with E-state index in [9.17, 15) is 0 Å². The zero-order chi connectivity index (χ0) is 8.27. The molecule has 0 aliphatic carbocycles. The van der Waals surface area contributed by atoms with Gasteiger partial charge in [0.25, 0.3) is 0 Å². The van der Waals surface area contributed by atoms with Crippen molar-refractivity contribution in [3.05, 3.63) is 17.7 Å². The molecule has 0 aliphatic heterocycles. The molecule has 0 atom stereocenters. The van der Waals surface area contributed by atoms with Gasteiger partial charge in [0.2, 0.25) is 0 Å². The van der Waals surface area contributed by atoms with Gasteiger partial charge in [-0.25, -0.2) is 4.98 Å². The van der Waals surface area contributed by atoms with Crippen molar-refractivity contribution in [2.45, 2.75) is 6.42 Å². The third-order valence-corrected chi connectivity index (χ3v) is 1.30. The minimum absolute atomic E-state index is 0. The van der Waals surface area contributed by atoms with Crippen molar-refractivity contribution in [3.8, 4) is 6.07 Å². The minimum atomic E-state index is 0. The van der Waals surface area contributed by atoms with Crippen LogP contribution in [-0.4, -0.2) is 4.98 Å². The second-order valence-corrected chi connectivity index (χ2v) is 2.12. The lowest BCUT2D eigenvalue weighted by molar-refractivity contribution is 1.21. The van der Waals surface area contributed by atoms with E-state index in [2.05, 4.69) is 4.98 Å². The Morgan fingerprint density at radius 3 is 2.58 bits per heavy atom. The molecule has 1 rings (SSSR count). The summed E-state index contributed by atoms with van der Waals surface area (Å²) >= 11 is 0. The predicted octanol–water partition coefficient (Wildman–Crippen LogP) is 0.890. The Morgan fingerprint density at radius 1 is 1.42 bits per heavy atom. The lowest BCUT2D eigenvalue weighted by Gasteiger charge is -1.99. The highest BCUT2D eigenvalue weighted by atomic mass is 79.9. The van der Waals surface area contributed by atoms with E-state index in [1.54, 1.807) is 12.1 Å². The predicted molar refractivity (Wildman–Crippen MR) is 52.7 cm³/mol. The molecule has 0 fully saturated rings. The van der Waals surface area contributed by atoms with Crippen molar-refractivity contribution in [2.24, 2.45) is 0 Å². The second kappa shape index (κ2) is 4.57. The van der Waals surface area contributed by atoms with Gasteiger partial charge in [0.15, 0.2) is 0 Å². The molecule has 4 N–H and O–H groups in total. The molecule has 0 spiro atoms. The quantitative estimate of drug-likeness (QED) is 0.748. The number of hydrogen-bond acceptors (Lipinski definition) is 4. The molecular formula is C7H9BrN4. The summed E-state index contributed by atoms with van der Waals surface area (Å²) in [5.74, 6) is 0.718. The normalized spacial score (nSPS) is 8.25. The molecular weight excluding hydrogens is 220 g/mol. The molecule has 0 unspecified atom stereocenters. The maximum Gasteiger partial charge on any atom is 0.130 e. The van der Waals surface area contributed by atoms with Crippen LogP contribution in [0.4, 0.5) is 11.6 Å². The van der Waals surface area contributed by atoms with Crippen molar-refractivity contribution in [2.75, 3.05) is 11.5 Å². The van der Waals surface area contributed by atoms with Crippen LogP contribution in [0.2, 0.25) is 0 Å². The Labute approximate surface area is 81.0 Å². The van der Waals surface area contributed by atoms with E-state index >= 15 is 0 Å². The highest BCUT2D eigenvalue weighted by molar-refractivity contribution is 8.93. The van der Waals surface area contributed by atoms with Crippen LogP contribution in [0.1, 0.15) is 5.56 Å². The average molecular weight is 229 g/mol.